The fraction of sp³-hybridized carbons (Fsp3) is 0.412. The van der Waals surface area contributed by atoms with Gasteiger partial charge in [-0.3, -0.25) is 0 Å². The van der Waals surface area contributed by atoms with Crippen molar-refractivity contribution in [2.75, 3.05) is 13.1 Å². The summed E-state index contributed by atoms with van der Waals surface area (Å²) >= 11 is 6.05. The summed E-state index contributed by atoms with van der Waals surface area (Å²) in [5.41, 5.74) is 0. The van der Waals surface area contributed by atoms with Crippen molar-refractivity contribution >= 4 is 21.6 Å². The van der Waals surface area contributed by atoms with Gasteiger partial charge >= 0.3 is 0 Å². The van der Waals surface area contributed by atoms with E-state index in [0.29, 0.717) is 29.9 Å². The van der Waals surface area contributed by atoms with E-state index >= 15 is 0 Å². The minimum atomic E-state index is -3.48. The maximum atomic E-state index is 12.7. The van der Waals surface area contributed by atoms with Gasteiger partial charge in [0.2, 0.25) is 10.0 Å². The number of allylic oxidation sites excluding steroid dienone is 4. The van der Waals surface area contributed by atoms with E-state index in [9.17, 15) is 8.42 Å². The summed E-state index contributed by atoms with van der Waals surface area (Å²) in [6.45, 7) is 1.13. The summed E-state index contributed by atoms with van der Waals surface area (Å²) in [6, 6.07) is 6.66. The van der Waals surface area contributed by atoms with Crippen LogP contribution in [-0.2, 0) is 10.0 Å². The molecule has 1 fully saturated rings. The monoisotopic (exact) mass is 337 g/mol. The molecule has 0 unspecified atom stereocenters. The first-order valence-corrected chi connectivity index (χ1v) is 9.49. The van der Waals surface area contributed by atoms with Gasteiger partial charge in [-0.1, -0.05) is 48.0 Å². The second-order valence-electron chi connectivity index (χ2n) is 5.84. The minimum absolute atomic E-state index is 0.215. The summed E-state index contributed by atoms with van der Waals surface area (Å²) < 4.78 is 27.0. The van der Waals surface area contributed by atoms with Crippen molar-refractivity contribution in [2.24, 2.45) is 11.8 Å². The largest absolute Gasteiger partial charge is 0.244 e. The first kappa shape index (κ1) is 15.8. The lowest BCUT2D eigenvalue weighted by atomic mass is 9.83. The van der Waals surface area contributed by atoms with Gasteiger partial charge in [-0.15, -0.1) is 0 Å². The highest BCUT2D eigenvalue weighted by Gasteiger charge is 2.32. The lowest BCUT2D eigenvalue weighted by Crippen LogP contribution is -2.39. The third-order valence-corrected chi connectivity index (χ3v) is 6.88. The molecule has 0 bridgehead atoms. The highest BCUT2D eigenvalue weighted by molar-refractivity contribution is 7.89. The van der Waals surface area contributed by atoms with Crippen LogP contribution in [0.15, 0.2) is 53.5 Å². The molecule has 0 saturated carbocycles. The quantitative estimate of drug-likeness (QED) is 0.785. The molecule has 3 rings (SSSR count). The molecule has 118 valence electrons. The van der Waals surface area contributed by atoms with E-state index in [2.05, 4.69) is 24.3 Å². The molecule has 0 aromatic heterocycles. The molecule has 1 saturated heterocycles. The molecule has 0 radical (unpaired) electrons. The zero-order valence-corrected chi connectivity index (χ0v) is 13.9. The molecule has 1 aromatic rings. The molecule has 0 N–H and O–H groups in total. The molecular formula is C17H20ClNO2S. The molecular weight excluding hydrogens is 318 g/mol. The molecule has 1 aliphatic heterocycles. The Kier molecular flexibility index (Phi) is 4.71. The summed E-state index contributed by atoms with van der Waals surface area (Å²) in [6.07, 6.45) is 11.7. The highest BCUT2D eigenvalue weighted by Crippen LogP contribution is 2.32. The number of halogens is 1. The molecule has 1 heterocycles. The van der Waals surface area contributed by atoms with Crippen LogP contribution in [0.5, 0.6) is 0 Å². The highest BCUT2D eigenvalue weighted by atomic mass is 35.5. The Balaban J connectivity index is 1.71. The molecule has 0 spiro atoms. The second kappa shape index (κ2) is 6.57. The van der Waals surface area contributed by atoms with Crippen molar-refractivity contribution < 1.29 is 8.42 Å². The molecule has 1 aromatic carbocycles. The summed E-state index contributed by atoms with van der Waals surface area (Å²) in [5.74, 6) is 0.990. The Labute approximate surface area is 137 Å². The van der Waals surface area contributed by atoms with Crippen molar-refractivity contribution in [1.82, 2.24) is 4.31 Å². The molecule has 2 aliphatic rings. The van der Waals surface area contributed by atoms with Crippen LogP contribution >= 0.6 is 11.6 Å². The average molecular weight is 338 g/mol. The van der Waals surface area contributed by atoms with E-state index in [-0.39, 0.29) is 4.90 Å². The number of nitrogens with zero attached hydrogens (tertiary/aromatic N) is 1. The van der Waals surface area contributed by atoms with Gasteiger partial charge in [0.25, 0.3) is 0 Å². The Morgan fingerprint density at radius 2 is 1.68 bits per heavy atom. The third kappa shape index (κ3) is 3.14. The molecule has 0 atom stereocenters. The Morgan fingerprint density at radius 1 is 1.05 bits per heavy atom. The van der Waals surface area contributed by atoms with Crippen molar-refractivity contribution in [2.45, 2.75) is 24.2 Å². The fourth-order valence-corrected chi connectivity index (χ4v) is 5.19. The number of rotatable bonds is 3. The van der Waals surface area contributed by atoms with Gasteiger partial charge in [0.1, 0.15) is 4.90 Å². The molecule has 22 heavy (non-hydrogen) atoms. The van der Waals surface area contributed by atoms with Crippen LogP contribution in [0.25, 0.3) is 0 Å². The van der Waals surface area contributed by atoms with Crippen molar-refractivity contribution in [3.05, 3.63) is 53.6 Å². The summed E-state index contributed by atoms with van der Waals surface area (Å²) in [4.78, 5) is 0.215. The van der Waals surface area contributed by atoms with Gasteiger partial charge in [-0.25, -0.2) is 8.42 Å². The van der Waals surface area contributed by atoms with Gasteiger partial charge in [0.15, 0.2) is 0 Å². The first-order chi connectivity index (χ1) is 10.6. The number of hydrogen-bond acceptors (Lipinski definition) is 2. The van der Waals surface area contributed by atoms with Gasteiger partial charge < -0.3 is 0 Å². The summed E-state index contributed by atoms with van der Waals surface area (Å²) in [5, 5.41) is 0.294. The van der Waals surface area contributed by atoms with Gasteiger partial charge in [-0.2, -0.15) is 4.31 Å². The Hall–Kier alpha value is -1.10. The predicted molar refractivity (Wildman–Crippen MR) is 89.3 cm³/mol. The minimum Gasteiger partial charge on any atom is -0.207 e. The van der Waals surface area contributed by atoms with E-state index in [1.165, 1.54) is 0 Å². The topological polar surface area (TPSA) is 37.4 Å². The van der Waals surface area contributed by atoms with E-state index < -0.39 is 10.0 Å². The molecule has 5 heteroatoms. The van der Waals surface area contributed by atoms with Crippen LogP contribution in [0, 0.1) is 11.8 Å². The van der Waals surface area contributed by atoms with Crippen molar-refractivity contribution in [1.29, 1.82) is 0 Å². The smallest absolute Gasteiger partial charge is 0.207 e. The zero-order valence-electron chi connectivity index (χ0n) is 12.4. The van der Waals surface area contributed by atoms with Crippen LogP contribution in [0.1, 0.15) is 19.3 Å². The van der Waals surface area contributed by atoms with Crippen LogP contribution < -0.4 is 0 Å². The van der Waals surface area contributed by atoms with E-state index in [4.69, 9.17) is 11.6 Å². The lowest BCUT2D eigenvalue weighted by molar-refractivity contribution is 0.250. The van der Waals surface area contributed by atoms with Gasteiger partial charge in [0.05, 0.1) is 5.02 Å². The first-order valence-electron chi connectivity index (χ1n) is 7.67. The van der Waals surface area contributed by atoms with Crippen LogP contribution in [-0.4, -0.2) is 25.8 Å². The van der Waals surface area contributed by atoms with E-state index in [0.717, 1.165) is 19.3 Å². The summed E-state index contributed by atoms with van der Waals surface area (Å²) in [7, 11) is -3.48. The zero-order chi connectivity index (χ0) is 15.6. The van der Waals surface area contributed by atoms with Crippen molar-refractivity contribution in [3.8, 4) is 0 Å². The Bertz CT molecular complexity index is 676. The number of sulfonamides is 1. The van der Waals surface area contributed by atoms with E-state index in [1.807, 2.05) is 0 Å². The fourth-order valence-electron chi connectivity index (χ4n) is 3.22. The van der Waals surface area contributed by atoms with Crippen LogP contribution in [0.2, 0.25) is 5.02 Å². The predicted octanol–water partition coefficient (Wildman–Crippen LogP) is 3.87. The maximum Gasteiger partial charge on any atom is 0.244 e. The van der Waals surface area contributed by atoms with E-state index in [1.54, 1.807) is 28.6 Å². The van der Waals surface area contributed by atoms with Crippen LogP contribution in [0.4, 0.5) is 0 Å². The number of hydrogen-bond donors (Lipinski definition) is 0. The lowest BCUT2D eigenvalue weighted by Gasteiger charge is -2.34. The van der Waals surface area contributed by atoms with Gasteiger partial charge in [-0.05, 0) is 43.2 Å². The number of benzene rings is 1. The van der Waals surface area contributed by atoms with Crippen molar-refractivity contribution in [3.63, 3.8) is 0 Å². The third-order valence-electron chi connectivity index (χ3n) is 4.49. The maximum absolute atomic E-state index is 12.7. The SMILES string of the molecule is O=S(=O)(c1ccccc1Cl)N1CCC(C2C=CCC=C2)CC1. The molecule has 3 nitrogen and oxygen atoms in total. The van der Waals surface area contributed by atoms with Gasteiger partial charge in [0, 0.05) is 13.1 Å². The molecule has 0 amide bonds. The van der Waals surface area contributed by atoms with Crippen LogP contribution in [0.3, 0.4) is 0 Å². The Morgan fingerprint density at radius 3 is 2.32 bits per heavy atom. The molecule has 1 aliphatic carbocycles. The number of piperidine rings is 1. The second-order valence-corrected chi connectivity index (χ2v) is 8.15. The normalized spacial score (nSPS) is 21.3. The standard InChI is InChI=1S/C17H20ClNO2S/c18-16-8-4-5-9-17(16)22(20,21)19-12-10-15(11-13-19)14-6-2-1-3-7-14/h2-9,14-15H,1,10-13H2. The average Bonchev–Trinajstić information content (AvgIpc) is 2.56.